The molecule has 0 aromatic heterocycles. The maximum atomic E-state index is 13.1. The minimum Gasteiger partial charge on any atom is -0.462 e. The van der Waals surface area contributed by atoms with Gasteiger partial charge in [-0.1, -0.05) is 296 Å². The van der Waals surface area contributed by atoms with Gasteiger partial charge in [0.2, 0.25) is 0 Å². The second-order valence-corrected chi connectivity index (χ2v) is 29.2. The molecule has 19 heteroatoms. The number of aliphatic hydroxyl groups is 1. The number of hydrogen-bond acceptors (Lipinski definition) is 15. The monoisotopic (exact) mass is 1380 g/mol. The van der Waals surface area contributed by atoms with Crippen molar-refractivity contribution in [3.05, 3.63) is 24.3 Å². The molecule has 0 aromatic carbocycles. The molecule has 2 unspecified atom stereocenters. The van der Waals surface area contributed by atoms with Gasteiger partial charge in [-0.25, -0.2) is 9.13 Å². The first kappa shape index (κ1) is 91.5. The lowest BCUT2D eigenvalue weighted by atomic mass is 10.0. The second kappa shape index (κ2) is 69.0. The fraction of sp³-hybridized carbons (Fsp3) is 0.893. The Morgan fingerprint density at radius 2 is 0.489 bits per heavy atom. The molecule has 0 spiro atoms. The van der Waals surface area contributed by atoms with Crippen molar-refractivity contribution in [2.45, 2.75) is 393 Å². The summed E-state index contributed by atoms with van der Waals surface area (Å²) in [5, 5.41) is 10.6. The van der Waals surface area contributed by atoms with Gasteiger partial charge in [0, 0.05) is 25.7 Å². The Hall–Kier alpha value is -2.46. The van der Waals surface area contributed by atoms with Crippen molar-refractivity contribution in [3.8, 4) is 0 Å². The maximum Gasteiger partial charge on any atom is 0.472 e. The first-order valence-electron chi connectivity index (χ1n) is 38.6. The lowest BCUT2D eigenvalue weighted by Crippen LogP contribution is -2.30. The molecule has 0 rings (SSSR count). The average Bonchev–Trinajstić information content (AvgIpc) is 2.42. The number of allylic oxidation sites excluding steroid dienone is 4. The Bertz CT molecular complexity index is 1880. The molecule has 3 N–H and O–H groups in total. The van der Waals surface area contributed by atoms with E-state index in [-0.39, 0.29) is 25.7 Å². The predicted octanol–water partition coefficient (Wildman–Crippen LogP) is 21.8. The van der Waals surface area contributed by atoms with Gasteiger partial charge in [-0.2, -0.15) is 0 Å². The highest BCUT2D eigenvalue weighted by atomic mass is 31.2. The number of unbranched alkanes of at least 4 members (excludes halogenated alkanes) is 44. The molecule has 0 heterocycles. The minimum atomic E-state index is -4.96. The highest BCUT2D eigenvalue weighted by Gasteiger charge is 2.30. The summed E-state index contributed by atoms with van der Waals surface area (Å²) in [4.78, 5) is 72.8. The minimum absolute atomic E-state index is 0.103. The molecule has 0 aliphatic rings. The Labute approximate surface area is 573 Å². The van der Waals surface area contributed by atoms with Gasteiger partial charge in [-0.15, -0.1) is 0 Å². The largest absolute Gasteiger partial charge is 0.472 e. The van der Waals surface area contributed by atoms with Crippen LogP contribution in [-0.4, -0.2) is 96.7 Å². The SMILES string of the molecule is CCCCCC/C=C\CCCCCCCC(=O)OC[C@H](COP(=O)(O)OC[C@H](O)COP(=O)(O)OC[C@@H](COC(=O)CCCCCCC/C=C\CCCCCC)OC(=O)CCCCCCCCCCCCCCCCC)OC(=O)CCCCCCCCCCCCCCC. The molecular formula is C75H142O17P2. The van der Waals surface area contributed by atoms with Gasteiger partial charge in [0.05, 0.1) is 26.4 Å². The van der Waals surface area contributed by atoms with Crippen LogP contribution in [0.4, 0.5) is 0 Å². The lowest BCUT2D eigenvalue weighted by molar-refractivity contribution is -0.161. The number of carbonyl (C=O) groups excluding carboxylic acids is 4. The van der Waals surface area contributed by atoms with Gasteiger partial charge < -0.3 is 33.8 Å². The molecule has 0 aliphatic carbocycles. The van der Waals surface area contributed by atoms with E-state index in [2.05, 4.69) is 52.0 Å². The van der Waals surface area contributed by atoms with E-state index in [4.69, 9.17) is 37.0 Å². The van der Waals surface area contributed by atoms with E-state index >= 15 is 0 Å². The highest BCUT2D eigenvalue weighted by Crippen LogP contribution is 2.45. The summed E-state index contributed by atoms with van der Waals surface area (Å²) in [5.74, 6) is -2.15. The summed E-state index contributed by atoms with van der Waals surface area (Å²) < 4.78 is 68.5. The predicted molar refractivity (Wildman–Crippen MR) is 381 cm³/mol. The molecule has 94 heavy (non-hydrogen) atoms. The van der Waals surface area contributed by atoms with Crippen molar-refractivity contribution < 1.29 is 80.2 Å². The normalized spacial score (nSPS) is 14.1. The van der Waals surface area contributed by atoms with Crippen LogP contribution < -0.4 is 0 Å². The fourth-order valence-corrected chi connectivity index (χ4v) is 12.6. The smallest absolute Gasteiger partial charge is 0.462 e. The number of phosphoric ester groups is 2. The Kier molecular flexibility index (Phi) is 67.2. The third-order valence-electron chi connectivity index (χ3n) is 16.9. The van der Waals surface area contributed by atoms with E-state index in [1.807, 2.05) is 0 Å². The average molecular weight is 1380 g/mol. The summed E-state index contributed by atoms with van der Waals surface area (Å²) in [5.41, 5.74) is 0. The summed E-state index contributed by atoms with van der Waals surface area (Å²) in [7, 11) is -9.92. The van der Waals surface area contributed by atoms with E-state index in [9.17, 15) is 43.2 Å². The number of carbonyl (C=O) groups is 4. The third kappa shape index (κ3) is 68.1. The highest BCUT2D eigenvalue weighted by molar-refractivity contribution is 7.47. The zero-order valence-corrected chi connectivity index (χ0v) is 62.2. The third-order valence-corrected chi connectivity index (χ3v) is 18.8. The van der Waals surface area contributed by atoms with Crippen molar-refractivity contribution in [1.29, 1.82) is 0 Å². The van der Waals surface area contributed by atoms with Gasteiger partial charge in [-0.05, 0) is 77.0 Å². The van der Waals surface area contributed by atoms with Crippen LogP contribution in [0, 0.1) is 0 Å². The van der Waals surface area contributed by atoms with Crippen molar-refractivity contribution in [2.75, 3.05) is 39.6 Å². The van der Waals surface area contributed by atoms with Crippen LogP contribution >= 0.6 is 15.6 Å². The first-order valence-corrected chi connectivity index (χ1v) is 41.6. The molecule has 0 radical (unpaired) electrons. The molecule has 5 atom stereocenters. The van der Waals surface area contributed by atoms with Crippen molar-refractivity contribution in [3.63, 3.8) is 0 Å². The van der Waals surface area contributed by atoms with Crippen LogP contribution in [0.2, 0.25) is 0 Å². The number of ether oxygens (including phenoxy) is 4. The van der Waals surface area contributed by atoms with E-state index in [0.717, 1.165) is 128 Å². The number of phosphoric acid groups is 2. The Morgan fingerprint density at radius 3 is 0.745 bits per heavy atom. The lowest BCUT2D eigenvalue weighted by Gasteiger charge is -2.21. The molecule has 554 valence electrons. The standard InChI is InChI=1S/C75H142O17P2/c1-5-9-13-17-21-25-29-33-34-38-42-46-50-54-58-62-75(80)92-71(66-86-73(78)60-56-52-48-44-40-36-31-27-23-19-15-11-7-3)68-90-94(83,84)88-64-69(76)63-87-93(81,82)89-67-70(91-74(79)61-57-53-49-45-41-37-32-28-24-20-16-12-8-4)65-85-72(77)59-55-51-47-43-39-35-30-26-22-18-14-10-6-2/h26-27,30-31,69-71,76H,5-25,28-29,32-68H2,1-4H3,(H,81,82)(H,83,84)/b30-26-,31-27-/t69-,70+,71+/m0/s1. The van der Waals surface area contributed by atoms with E-state index in [1.54, 1.807) is 0 Å². The summed E-state index contributed by atoms with van der Waals surface area (Å²) in [6, 6.07) is 0. The van der Waals surface area contributed by atoms with Crippen LogP contribution in [0.15, 0.2) is 24.3 Å². The Morgan fingerprint density at radius 1 is 0.287 bits per heavy atom. The first-order chi connectivity index (χ1) is 45.7. The topological polar surface area (TPSA) is 237 Å². The maximum absolute atomic E-state index is 13.1. The van der Waals surface area contributed by atoms with Crippen molar-refractivity contribution >= 4 is 39.5 Å². The quantitative estimate of drug-likeness (QED) is 0.0169. The zero-order valence-electron chi connectivity index (χ0n) is 60.4. The summed E-state index contributed by atoms with van der Waals surface area (Å²) in [6.45, 7) is 4.91. The van der Waals surface area contributed by atoms with E-state index < -0.39 is 97.5 Å². The molecule has 0 aromatic rings. The zero-order chi connectivity index (χ0) is 69.0. The number of aliphatic hydroxyl groups excluding tert-OH is 1. The molecule has 0 bridgehead atoms. The van der Waals surface area contributed by atoms with Gasteiger partial charge >= 0.3 is 39.5 Å². The fourth-order valence-electron chi connectivity index (χ4n) is 11.0. The van der Waals surface area contributed by atoms with Crippen LogP contribution in [0.25, 0.3) is 0 Å². The summed E-state index contributed by atoms with van der Waals surface area (Å²) in [6.07, 6.45) is 61.6. The number of rotatable bonds is 74. The van der Waals surface area contributed by atoms with Gasteiger partial charge in [-0.3, -0.25) is 37.3 Å². The molecule has 0 aliphatic heterocycles. The van der Waals surface area contributed by atoms with Crippen LogP contribution in [-0.2, 0) is 65.4 Å². The molecule has 0 fully saturated rings. The van der Waals surface area contributed by atoms with Crippen molar-refractivity contribution in [2.24, 2.45) is 0 Å². The van der Waals surface area contributed by atoms with Crippen LogP contribution in [0.5, 0.6) is 0 Å². The molecule has 0 amide bonds. The molecular weight excluding hydrogens is 1230 g/mol. The number of hydrogen-bond donors (Lipinski definition) is 3. The van der Waals surface area contributed by atoms with Gasteiger partial charge in [0.15, 0.2) is 12.2 Å². The van der Waals surface area contributed by atoms with Gasteiger partial charge in [0.25, 0.3) is 0 Å². The van der Waals surface area contributed by atoms with Crippen LogP contribution in [0.3, 0.4) is 0 Å². The van der Waals surface area contributed by atoms with E-state index in [1.165, 1.54) is 167 Å². The number of esters is 4. The molecule has 0 saturated carbocycles. The van der Waals surface area contributed by atoms with Gasteiger partial charge in [0.1, 0.15) is 19.3 Å². The Balaban J connectivity index is 5.29. The molecule has 17 nitrogen and oxygen atoms in total. The van der Waals surface area contributed by atoms with Crippen LogP contribution in [0.1, 0.15) is 374 Å². The van der Waals surface area contributed by atoms with Crippen molar-refractivity contribution in [1.82, 2.24) is 0 Å². The second-order valence-electron chi connectivity index (χ2n) is 26.3. The molecule has 0 saturated heterocycles. The summed E-state index contributed by atoms with van der Waals surface area (Å²) >= 11 is 0. The van der Waals surface area contributed by atoms with E-state index in [0.29, 0.717) is 25.7 Å².